The Morgan fingerprint density at radius 1 is 1.23 bits per heavy atom. The second-order valence-electron chi connectivity index (χ2n) is 8.71. The minimum atomic E-state index is 0.0542. The lowest BCUT2D eigenvalue weighted by Crippen LogP contribution is -2.50. The van der Waals surface area contributed by atoms with Gasteiger partial charge in [0.25, 0.3) is 0 Å². The fourth-order valence-electron chi connectivity index (χ4n) is 4.84. The van der Waals surface area contributed by atoms with E-state index in [0.29, 0.717) is 18.2 Å². The van der Waals surface area contributed by atoms with Crippen LogP contribution in [0.4, 0.5) is 5.82 Å². The van der Waals surface area contributed by atoms with E-state index in [1.807, 2.05) is 11.0 Å². The molecule has 0 radical (unpaired) electrons. The minimum Gasteiger partial charge on any atom is -0.358 e. The lowest BCUT2D eigenvalue weighted by molar-refractivity contribution is -0.130. The second-order valence-corrected chi connectivity index (χ2v) is 8.98. The minimum absolute atomic E-state index is 0.0542. The van der Waals surface area contributed by atoms with Gasteiger partial charge in [0.1, 0.15) is 17.8 Å². The first kappa shape index (κ1) is 22.8. The van der Waals surface area contributed by atoms with Crippen LogP contribution in [0.5, 0.6) is 0 Å². The van der Waals surface area contributed by atoms with Gasteiger partial charge in [-0.2, -0.15) is 5.26 Å². The maximum atomic E-state index is 11.7. The molecular weight excluding hydrogens is 400 g/mol. The number of piperazine rings is 1. The summed E-state index contributed by atoms with van der Waals surface area (Å²) in [5, 5.41) is 15.6. The van der Waals surface area contributed by atoms with Crippen molar-refractivity contribution in [3.05, 3.63) is 23.9 Å². The molecule has 1 aliphatic carbocycles. The molecule has 2 heterocycles. The SMILES string of the molecule is CC1CC(CNCNc2ccc(C#N)cn2)CC(CN2CCN(C(=O)CCl)CC2)C1. The number of hydrogen-bond donors (Lipinski definition) is 2. The predicted molar refractivity (Wildman–Crippen MR) is 119 cm³/mol. The fraction of sp³-hybridized carbons (Fsp3) is 0.682. The number of nitriles is 1. The number of rotatable bonds is 8. The van der Waals surface area contributed by atoms with Crippen molar-refractivity contribution in [2.75, 3.05) is 57.1 Å². The van der Waals surface area contributed by atoms with E-state index in [4.69, 9.17) is 16.9 Å². The number of carbonyl (C=O) groups is 1. The molecular formula is C22H33ClN6O. The molecule has 0 bridgehead atoms. The number of hydrogen-bond acceptors (Lipinski definition) is 6. The lowest BCUT2D eigenvalue weighted by atomic mass is 9.75. The number of pyridine rings is 1. The van der Waals surface area contributed by atoms with Gasteiger partial charge in [-0.3, -0.25) is 15.0 Å². The van der Waals surface area contributed by atoms with Gasteiger partial charge >= 0.3 is 0 Å². The summed E-state index contributed by atoms with van der Waals surface area (Å²) < 4.78 is 0. The van der Waals surface area contributed by atoms with Crippen LogP contribution in [0.1, 0.15) is 31.7 Å². The van der Waals surface area contributed by atoms with E-state index in [2.05, 4.69) is 33.5 Å². The Kier molecular flexibility index (Phi) is 8.74. The Morgan fingerprint density at radius 3 is 2.67 bits per heavy atom. The molecule has 1 saturated heterocycles. The number of carbonyl (C=O) groups excluding carboxylic acids is 1. The molecule has 3 rings (SSSR count). The van der Waals surface area contributed by atoms with Gasteiger partial charge < -0.3 is 10.2 Å². The molecule has 1 aromatic heterocycles. The first-order valence-corrected chi connectivity index (χ1v) is 11.5. The van der Waals surface area contributed by atoms with Crippen molar-refractivity contribution in [1.29, 1.82) is 5.26 Å². The maximum absolute atomic E-state index is 11.7. The van der Waals surface area contributed by atoms with Crippen LogP contribution in [0.2, 0.25) is 0 Å². The van der Waals surface area contributed by atoms with E-state index in [0.717, 1.165) is 56.9 Å². The van der Waals surface area contributed by atoms with Crippen LogP contribution in [0.3, 0.4) is 0 Å². The van der Waals surface area contributed by atoms with Gasteiger partial charge in [-0.25, -0.2) is 4.98 Å². The largest absolute Gasteiger partial charge is 0.358 e. The third kappa shape index (κ3) is 6.83. The molecule has 3 unspecified atom stereocenters. The van der Waals surface area contributed by atoms with Crippen molar-refractivity contribution in [2.24, 2.45) is 17.8 Å². The number of alkyl halides is 1. The average molecular weight is 433 g/mol. The molecule has 164 valence electrons. The highest BCUT2D eigenvalue weighted by molar-refractivity contribution is 6.27. The van der Waals surface area contributed by atoms with Crippen molar-refractivity contribution >= 4 is 23.3 Å². The molecule has 1 saturated carbocycles. The monoisotopic (exact) mass is 432 g/mol. The first-order chi connectivity index (χ1) is 14.6. The summed E-state index contributed by atoms with van der Waals surface area (Å²) in [6, 6.07) is 5.68. The van der Waals surface area contributed by atoms with E-state index in [9.17, 15) is 4.79 Å². The summed E-state index contributed by atoms with van der Waals surface area (Å²) in [5.41, 5.74) is 0.572. The number of nitrogens with one attached hydrogen (secondary N) is 2. The normalized spacial score (nSPS) is 25.0. The molecule has 1 aromatic rings. The van der Waals surface area contributed by atoms with E-state index in [1.54, 1.807) is 12.3 Å². The van der Waals surface area contributed by atoms with E-state index in [-0.39, 0.29) is 11.8 Å². The number of amides is 1. The molecule has 2 aliphatic rings. The van der Waals surface area contributed by atoms with Gasteiger partial charge in [0.05, 0.1) is 12.2 Å². The zero-order valence-corrected chi connectivity index (χ0v) is 18.6. The van der Waals surface area contributed by atoms with Crippen LogP contribution < -0.4 is 10.6 Å². The molecule has 1 amide bonds. The third-order valence-corrected chi connectivity index (χ3v) is 6.44. The van der Waals surface area contributed by atoms with E-state index in [1.165, 1.54) is 19.3 Å². The van der Waals surface area contributed by atoms with Gasteiger partial charge in [-0.05, 0) is 55.7 Å². The predicted octanol–water partition coefficient (Wildman–Crippen LogP) is 2.35. The van der Waals surface area contributed by atoms with Crippen molar-refractivity contribution in [2.45, 2.75) is 26.2 Å². The average Bonchev–Trinajstić information content (AvgIpc) is 2.77. The summed E-state index contributed by atoms with van der Waals surface area (Å²) in [6.07, 6.45) is 5.41. The Bertz CT molecular complexity index is 713. The summed E-state index contributed by atoms with van der Waals surface area (Å²) >= 11 is 5.68. The highest BCUT2D eigenvalue weighted by Gasteiger charge is 2.29. The van der Waals surface area contributed by atoms with Gasteiger partial charge in [0.15, 0.2) is 0 Å². The number of aromatic nitrogens is 1. The molecule has 1 aliphatic heterocycles. The smallest absolute Gasteiger partial charge is 0.237 e. The van der Waals surface area contributed by atoms with Crippen LogP contribution in [-0.2, 0) is 4.79 Å². The second kappa shape index (κ2) is 11.5. The molecule has 2 fully saturated rings. The molecule has 0 aromatic carbocycles. The zero-order chi connectivity index (χ0) is 21.3. The topological polar surface area (TPSA) is 84.3 Å². The van der Waals surface area contributed by atoms with Crippen LogP contribution in [0.15, 0.2) is 18.3 Å². The Morgan fingerprint density at radius 2 is 2.00 bits per heavy atom. The fourth-order valence-corrected chi connectivity index (χ4v) is 5.01. The first-order valence-electron chi connectivity index (χ1n) is 10.9. The Hall–Kier alpha value is -1.88. The van der Waals surface area contributed by atoms with Crippen molar-refractivity contribution in [3.8, 4) is 6.07 Å². The van der Waals surface area contributed by atoms with Gasteiger partial charge in [0, 0.05) is 38.9 Å². The number of anilines is 1. The summed E-state index contributed by atoms with van der Waals surface area (Å²) in [7, 11) is 0. The molecule has 3 atom stereocenters. The molecule has 30 heavy (non-hydrogen) atoms. The van der Waals surface area contributed by atoms with Crippen LogP contribution >= 0.6 is 11.6 Å². The standard InChI is InChI=1S/C22H33ClN6O/c1-17-8-19(13-25-16-27-21-3-2-18(12-24)14-26-21)10-20(9-17)15-28-4-6-29(7-5-28)22(30)11-23/h2-3,14,17,19-20,25H,4-11,13,15-16H2,1H3,(H,26,27). The van der Waals surface area contributed by atoms with Crippen LogP contribution in [-0.4, -0.2) is 72.5 Å². The van der Waals surface area contributed by atoms with E-state index >= 15 is 0 Å². The highest BCUT2D eigenvalue weighted by Crippen LogP contribution is 2.33. The van der Waals surface area contributed by atoms with Crippen LogP contribution in [0.25, 0.3) is 0 Å². The summed E-state index contributed by atoms with van der Waals surface area (Å²) in [4.78, 5) is 20.4. The summed E-state index contributed by atoms with van der Waals surface area (Å²) in [6.45, 7) is 8.69. The van der Waals surface area contributed by atoms with Gasteiger partial charge in [-0.1, -0.05) is 6.92 Å². The van der Waals surface area contributed by atoms with Gasteiger partial charge in [-0.15, -0.1) is 11.6 Å². The number of nitrogens with zero attached hydrogens (tertiary/aromatic N) is 4. The van der Waals surface area contributed by atoms with Crippen molar-refractivity contribution < 1.29 is 4.79 Å². The Labute approximate surface area is 184 Å². The Balaban J connectivity index is 1.36. The van der Waals surface area contributed by atoms with Crippen molar-refractivity contribution in [1.82, 2.24) is 20.1 Å². The molecule has 2 N–H and O–H groups in total. The van der Waals surface area contributed by atoms with Crippen molar-refractivity contribution in [3.63, 3.8) is 0 Å². The molecule has 7 nitrogen and oxygen atoms in total. The van der Waals surface area contributed by atoms with Crippen LogP contribution in [0, 0.1) is 29.1 Å². The zero-order valence-electron chi connectivity index (χ0n) is 17.8. The number of halogens is 1. The van der Waals surface area contributed by atoms with E-state index < -0.39 is 0 Å². The summed E-state index contributed by atoms with van der Waals surface area (Å²) in [5.74, 6) is 3.09. The quantitative estimate of drug-likeness (QED) is 0.372. The third-order valence-electron chi connectivity index (χ3n) is 6.21. The highest BCUT2D eigenvalue weighted by atomic mass is 35.5. The molecule has 0 spiro atoms. The lowest BCUT2D eigenvalue weighted by Gasteiger charge is -2.39. The van der Waals surface area contributed by atoms with Gasteiger partial charge in [0.2, 0.25) is 5.91 Å². The molecule has 8 heteroatoms. The maximum Gasteiger partial charge on any atom is 0.237 e.